The van der Waals surface area contributed by atoms with E-state index in [0.717, 1.165) is 18.2 Å². The number of nitrogens with one attached hydrogen (secondary N) is 1. The molecule has 2 rings (SSSR count). The molecule has 1 N–H and O–H groups in total. The molecular formula is C16H27N3. The van der Waals surface area contributed by atoms with Crippen LogP contribution in [0.4, 0.5) is 5.69 Å². The minimum absolute atomic E-state index is 0.672. The largest absolute Gasteiger partial charge is 0.371 e. The molecule has 1 heterocycles. The molecule has 0 aliphatic heterocycles. The van der Waals surface area contributed by atoms with Crippen molar-refractivity contribution in [2.75, 3.05) is 19.0 Å². The van der Waals surface area contributed by atoms with Crippen LogP contribution in [-0.2, 0) is 6.54 Å². The Morgan fingerprint density at radius 1 is 1.37 bits per heavy atom. The molecule has 106 valence electrons. The molecule has 0 radical (unpaired) electrons. The van der Waals surface area contributed by atoms with Crippen molar-refractivity contribution in [1.29, 1.82) is 0 Å². The summed E-state index contributed by atoms with van der Waals surface area (Å²) in [5, 5.41) is 3.25. The molecule has 19 heavy (non-hydrogen) atoms. The van der Waals surface area contributed by atoms with E-state index in [-0.39, 0.29) is 0 Å². The second kappa shape index (κ2) is 6.38. The molecule has 2 atom stereocenters. The van der Waals surface area contributed by atoms with Crippen LogP contribution in [0, 0.1) is 12.8 Å². The van der Waals surface area contributed by atoms with E-state index in [4.69, 9.17) is 0 Å². The van der Waals surface area contributed by atoms with E-state index in [0.29, 0.717) is 6.04 Å². The van der Waals surface area contributed by atoms with Gasteiger partial charge in [-0.15, -0.1) is 0 Å². The van der Waals surface area contributed by atoms with Crippen molar-refractivity contribution in [2.24, 2.45) is 5.92 Å². The molecule has 3 heteroatoms. The number of aromatic nitrogens is 1. The number of rotatable bonds is 4. The van der Waals surface area contributed by atoms with E-state index in [1.807, 2.05) is 13.2 Å². The average Bonchev–Trinajstić information content (AvgIpc) is 2.41. The lowest BCUT2D eigenvalue weighted by molar-refractivity contribution is 0.321. The molecule has 1 aliphatic carbocycles. The molecule has 3 nitrogen and oxygen atoms in total. The van der Waals surface area contributed by atoms with Gasteiger partial charge in [0.2, 0.25) is 0 Å². The van der Waals surface area contributed by atoms with Gasteiger partial charge in [-0.25, -0.2) is 0 Å². The Labute approximate surface area is 117 Å². The first kappa shape index (κ1) is 14.3. The van der Waals surface area contributed by atoms with Gasteiger partial charge in [0.1, 0.15) is 0 Å². The number of aryl methyl sites for hydroxylation is 1. The van der Waals surface area contributed by atoms with Gasteiger partial charge in [-0.3, -0.25) is 4.98 Å². The second-order valence-electron chi connectivity index (χ2n) is 5.92. The number of anilines is 1. The minimum atomic E-state index is 0.672. The van der Waals surface area contributed by atoms with Gasteiger partial charge in [0.25, 0.3) is 0 Å². The van der Waals surface area contributed by atoms with Crippen molar-refractivity contribution >= 4 is 5.69 Å². The number of pyridine rings is 1. The van der Waals surface area contributed by atoms with Crippen molar-refractivity contribution in [1.82, 2.24) is 10.3 Å². The highest BCUT2D eigenvalue weighted by molar-refractivity contribution is 5.54. The molecule has 1 aromatic rings. The van der Waals surface area contributed by atoms with Crippen LogP contribution in [0.25, 0.3) is 0 Å². The summed E-state index contributed by atoms with van der Waals surface area (Å²) in [6.45, 7) is 5.35. The number of nitrogens with zero attached hydrogens (tertiary/aromatic N) is 2. The van der Waals surface area contributed by atoms with Crippen LogP contribution in [0.1, 0.15) is 43.9 Å². The van der Waals surface area contributed by atoms with Crippen LogP contribution in [0.5, 0.6) is 0 Å². The standard InChI is InChI=1S/C16H27N3/c1-12-7-5-6-8-15(12)19(4)16-9-13(2)18-11-14(16)10-17-3/h9,11-12,15,17H,5-8,10H2,1-4H3. The molecule has 1 saturated carbocycles. The fraction of sp³-hybridized carbons (Fsp3) is 0.688. The Morgan fingerprint density at radius 3 is 2.79 bits per heavy atom. The lowest BCUT2D eigenvalue weighted by atomic mass is 9.84. The van der Waals surface area contributed by atoms with Crippen molar-refractivity contribution in [3.05, 3.63) is 23.5 Å². The van der Waals surface area contributed by atoms with Crippen molar-refractivity contribution in [3.8, 4) is 0 Å². The smallest absolute Gasteiger partial charge is 0.0445 e. The van der Waals surface area contributed by atoms with Crippen LogP contribution in [0.2, 0.25) is 0 Å². The second-order valence-corrected chi connectivity index (χ2v) is 5.92. The van der Waals surface area contributed by atoms with Gasteiger partial charge in [-0.2, -0.15) is 0 Å². The van der Waals surface area contributed by atoms with E-state index < -0.39 is 0 Å². The van der Waals surface area contributed by atoms with Gasteiger partial charge in [-0.1, -0.05) is 19.8 Å². The third-order valence-corrected chi connectivity index (χ3v) is 4.41. The minimum Gasteiger partial charge on any atom is -0.371 e. The summed E-state index contributed by atoms with van der Waals surface area (Å²) in [4.78, 5) is 6.93. The molecule has 1 aliphatic rings. The first-order chi connectivity index (χ1) is 9.13. The molecule has 1 fully saturated rings. The van der Waals surface area contributed by atoms with Crippen molar-refractivity contribution in [3.63, 3.8) is 0 Å². The monoisotopic (exact) mass is 261 g/mol. The highest BCUT2D eigenvalue weighted by Gasteiger charge is 2.26. The summed E-state index contributed by atoms with van der Waals surface area (Å²) in [6, 6.07) is 2.90. The lowest BCUT2D eigenvalue weighted by Crippen LogP contribution is -2.39. The molecule has 1 aromatic heterocycles. The zero-order chi connectivity index (χ0) is 13.8. The first-order valence-corrected chi connectivity index (χ1v) is 7.46. The zero-order valence-electron chi connectivity index (χ0n) is 12.7. The van der Waals surface area contributed by atoms with Gasteiger partial charge in [-0.05, 0) is 38.8 Å². The molecule has 0 bridgehead atoms. The van der Waals surface area contributed by atoms with Crippen LogP contribution < -0.4 is 10.2 Å². The maximum absolute atomic E-state index is 4.44. The Hall–Kier alpha value is -1.09. The van der Waals surface area contributed by atoms with Crippen LogP contribution >= 0.6 is 0 Å². The normalized spacial score (nSPS) is 23.4. The molecule has 2 unspecified atom stereocenters. The quantitative estimate of drug-likeness (QED) is 0.902. The summed E-state index contributed by atoms with van der Waals surface area (Å²) in [7, 11) is 4.24. The topological polar surface area (TPSA) is 28.2 Å². The van der Waals surface area contributed by atoms with Gasteiger partial charge >= 0.3 is 0 Å². The summed E-state index contributed by atoms with van der Waals surface area (Å²) in [5.74, 6) is 0.787. The summed E-state index contributed by atoms with van der Waals surface area (Å²) < 4.78 is 0. The maximum Gasteiger partial charge on any atom is 0.0445 e. The Kier molecular flexibility index (Phi) is 4.81. The Morgan fingerprint density at radius 2 is 2.11 bits per heavy atom. The lowest BCUT2D eigenvalue weighted by Gasteiger charge is -2.38. The van der Waals surface area contributed by atoms with Gasteiger partial charge in [0.05, 0.1) is 0 Å². The van der Waals surface area contributed by atoms with Gasteiger partial charge in [0, 0.05) is 42.8 Å². The maximum atomic E-state index is 4.44. The van der Waals surface area contributed by atoms with E-state index in [2.05, 4.69) is 42.2 Å². The molecule has 0 spiro atoms. The summed E-state index contributed by atoms with van der Waals surface area (Å²) >= 11 is 0. The first-order valence-electron chi connectivity index (χ1n) is 7.46. The predicted octanol–water partition coefficient (Wildman–Crippen LogP) is 3.12. The average molecular weight is 261 g/mol. The van der Waals surface area contributed by atoms with Crippen LogP contribution in [0.3, 0.4) is 0 Å². The highest BCUT2D eigenvalue weighted by atomic mass is 15.1. The number of hydrogen-bond donors (Lipinski definition) is 1. The molecular weight excluding hydrogens is 234 g/mol. The molecule has 0 amide bonds. The van der Waals surface area contributed by atoms with Crippen LogP contribution in [0.15, 0.2) is 12.3 Å². The highest BCUT2D eigenvalue weighted by Crippen LogP contribution is 2.32. The Bertz CT molecular complexity index is 416. The zero-order valence-corrected chi connectivity index (χ0v) is 12.7. The fourth-order valence-corrected chi connectivity index (χ4v) is 3.28. The number of hydrogen-bond acceptors (Lipinski definition) is 3. The Balaban J connectivity index is 2.25. The van der Waals surface area contributed by atoms with Gasteiger partial charge < -0.3 is 10.2 Å². The fourth-order valence-electron chi connectivity index (χ4n) is 3.28. The van der Waals surface area contributed by atoms with Gasteiger partial charge in [0.15, 0.2) is 0 Å². The predicted molar refractivity (Wildman–Crippen MR) is 81.6 cm³/mol. The summed E-state index contributed by atoms with van der Waals surface area (Å²) in [5.41, 5.74) is 3.75. The van der Waals surface area contributed by atoms with E-state index in [9.17, 15) is 0 Å². The SMILES string of the molecule is CNCc1cnc(C)cc1N(C)C1CCCCC1C. The van der Waals surface area contributed by atoms with Crippen molar-refractivity contribution < 1.29 is 0 Å². The van der Waals surface area contributed by atoms with E-state index in [1.54, 1.807) is 0 Å². The van der Waals surface area contributed by atoms with Crippen LogP contribution in [-0.4, -0.2) is 25.1 Å². The van der Waals surface area contributed by atoms with Crippen molar-refractivity contribution in [2.45, 2.75) is 52.1 Å². The third-order valence-electron chi connectivity index (χ3n) is 4.41. The summed E-state index contributed by atoms with van der Waals surface area (Å²) in [6.07, 6.45) is 7.46. The van der Waals surface area contributed by atoms with E-state index in [1.165, 1.54) is 36.9 Å². The third kappa shape index (κ3) is 3.27. The van der Waals surface area contributed by atoms with E-state index >= 15 is 0 Å². The molecule has 0 saturated heterocycles. The molecule has 0 aromatic carbocycles.